The molecule has 0 aliphatic heterocycles. The monoisotopic (exact) mass is 250 g/mol. The Morgan fingerprint density at radius 2 is 2.22 bits per heavy atom. The number of phenolic OH excluding ortho intramolecular Hbond substituents is 1. The highest BCUT2D eigenvalue weighted by Crippen LogP contribution is 2.18. The van der Waals surface area contributed by atoms with Crippen LogP contribution in [-0.4, -0.2) is 17.6 Å². The number of carbonyl (C=O) groups is 1. The fourth-order valence-electron chi connectivity index (χ4n) is 1.91. The molecule has 4 N–H and O–H groups in total. The standard InChI is InChI=1S/C14H22N2O2/c1-3-5-12(9-15)14(18)16-10(2)11-6-4-7-13(17)8-11/h4,6-8,10,12,17H,3,5,9,15H2,1-2H3,(H,16,18). The van der Waals surface area contributed by atoms with Crippen molar-refractivity contribution in [1.82, 2.24) is 5.32 Å². The van der Waals surface area contributed by atoms with Crippen molar-refractivity contribution >= 4 is 5.91 Å². The lowest BCUT2D eigenvalue weighted by Crippen LogP contribution is -2.36. The number of nitrogens with one attached hydrogen (secondary N) is 1. The summed E-state index contributed by atoms with van der Waals surface area (Å²) >= 11 is 0. The molecule has 0 aliphatic rings. The first-order valence-corrected chi connectivity index (χ1v) is 6.37. The third kappa shape index (κ3) is 4.04. The van der Waals surface area contributed by atoms with Gasteiger partial charge >= 0.3 is 0 Å². The average molecular weight is 250 g/mol. The Hall–Kier alpha value is -1.55. The van der Waals surface area contributed by atoms with Gasteiger partial charge in [-0.2, -0.15) is 0 Å². The van der Waals surface area contributed by atoms with E-state index in [2.05, 4.69) is 5.32 Å². The van der Waals surface area contributed by atoms with Gasteiger partial charge in [-0.05, 0) is 31.0 Å². The molecule has 0 aromatic heterocycles. The number of carbonyl (C=O) groups excluding carboxylic acids is 1. The molecular weight excluding hydrogens is 228 g/mol. The maximum atomic E-state index is 12.0. The Morgan fingerprint density at radius 3 is 2.78 bits per heavy atom. The summed E-state index contributed by atoms with van der Waals surface area (Å²) in [6, 6.07) is 6.78. The van der Waals surface area contributed by atoms with Gasteiger partial charge in [-0.1, -0.05) is 25.5 Å². The Balaban J connectivity index is 2.63. The van der Waals surface area contributed by atoms with Crippen molar-refractivity contribution in [2.75, 3.05) is 6.54 Å². The van der Waals surface area contributed by atoms with Gasteiger partial charge in [-0.25, -0.2) is 0 Å². The minimum Gasteiger partial charge on any atom is -0.508 e. The van der Waals surface area contributed by atoms with Gasteiger partial charge in [0.2, 0.25) is 5.91 Å². The van der Waals surface area contributed by atoms with E-state index in [1.807, 2.05) is 19.9 Å². The summed E-state index contributed by atoms with van der Waals surface area (Å²) in [6.45, 7) is 4.30. The zero-order valence-electron chi connectivity index (χ0n) is 11.0. The fraction of sp³-hybridized carbons (Fsp3) is 0.500. The van der Waals surface area contributed by atoms with E-state index in [0.29, 0.717) is 6.54 Å². The number of rotatable bonds is 6. The van der Waals surface area contributed by atoms with E-state index in [0.717, 1.165) is 18.4 Å². The van der Waals surface area contributed by atoms with Gasteiger partial charge in [-0.15, -0.1) is 0 Å². The van der Waals surface area contributed by atoms with Crippen molar-refractivity contribution in [3.63, 3.8) is 0 Å². The molecular formula is C14H22N2O2. The molecule has 4 heteroatoms. The molecule has 0 aliphatic carbocycles. The second kappa shape index (κ2) is 7.01. The summed E-state index contributed by atoms with van der Waals surface area (Å²) in [5.74, 6) is 0.0579. The first-order chi connectivity index (χ1) is 8.58. The van der Waals surface area contributed by atoms with Crippen LogP contribution in [0.2, 0.25) is 0 Å². The Morgan fingerprint density at radius 1 is 1.50 bits per heavy atom. The van der Waals surface area contributed by atoms with Crippen LogP contribution in [0.1, 0.15) is 38.3 Å². The Kier molecular flexibility index (Phi) is 5.65. The lowest BCUT2D eigenvalue weighted by Gasteiger charge is -2.19. The minimum absolute atomic E-state index is 0.0183. The predicted octanol–water partition coefficient (Wildman–Crippen LogP) is 1.94. The number of phenols is 1. The number of amides is 1. The lowest BCUT2D eigenvalue weighted by atomic mass is 10.0. The van der Waals surface area contributed by atoms with Gasteiger partial charge in [0.15, 0.2) is 0 Å². The molecule has 0 saturated carbocycles. The molecule has 100 valence electrons. The van der Waals surface area contributed by atoms with Crippen molar-refractivity contribution in [2.24, 2.45) is 11.7 Å². The topological polar surface area (TPSA) is 75.4 Å². The summed E-state index contributed by atoms with van der Waals surface area (Å²) < 4.78 is 0. The highest BCUT2D eigenvalue weighted by Gasteiger charge is 2.18. The number of benzene rings is 1. The maximum Gasteiger partial charge on any atom is 0.224 e. The van der Waals surface area contributed by atoms with Gasteiger partial charge in [0.05, 0.1) is 12.0 Å². The molecule has 1 amide bonds. The van der Waals surface area contributed by atoms with Crippen molar-refractivity contribution in [3.05, 3.63) is 29.8 Å². The summed E-state index contributed by atoms with van der Waals surface area (Å²) in [5, 5.41) is 12.3. The number of hydrogen-bond donors (Lipinski definition) is 3. The molecule has 0 fully saturated rings. The van der Waals surface area contributed by atoms with E-state index in [4.69, 9.17) is 5.73 Å². The molecule has 2 atom stereocenters. The van der Waals surface area contributed by atoms with E-state index < -0.39 is 0 Å². The first kappa shape index (κ1) is 14.5. The van der Waals surface area contributed by atoms with Crippen LogP contribution >= 0.6 is 0 Å². The maximum absolute atomic E-state index is 12.0. The number of nitrogens with two attached hydrogens (primary N) is 1. The minimum atomic E-state index is -0.130. The summed E-state index contributed by atoms with van der Waals surface area (Å²) in [5.41, 5.74) is 6.48. The van der Waals surface area contributed by atoms with Crippen molar-refractivity contribution < 1.29 is 9.90 Å². The highest BCUT2D eigenvalue weighted by molar-refractivity contribution is 5.79. The number of hydrogen-bond acceptors (Lipinski definition) is 3. The molecule has 18 heavy (non-hydrogen) atoms. The van der Waals surface area contributed by atoms with Crippen LogP contribution in [-0.2, 0) is 4.79 Å². The Labute approximate surface area is 108 Å². The molecule has 1 aromatic carbocycles. The molecule has 0 saturated heterocycles. The van der Waals surface area contributed by atoms with Crippen molar-refractivity contribution in [2.45, 2.75) is 32.7 Å². The van der Waals surface area contributed by atoms with Crippen LogP contribution in [0.5, 0.6) is 5.75 Å². The largest absolute Gasteiger partial charge is 0.508 e. The fourth-order valence-corrected chi connectivity index (χ4v) is 1.91. The van der Waals surface area contributed by atoms with Crippen molar-refractivity contribution in [3.8, 4) is 5.75 Å². The zero-order valence-corrected chi connectivity index (χ0v) is 11.0. The number of aromatic hydroxyl groups is 1. The van der Waals surface area contributed by atoms with E-state index >= 15 is 0 Å². The van der Waals surface area contributed by atoms with Crippen molar-refractivity contribution in [1.29, 1.82) is 0 Å². The summed E-state index contributed by atoms with van der Waals surface area (Å²) in [6.07, 6.45) is 1.74. The van der Waals surface area contributed by atoms with Crippen LogP contribution in [0.4, 0.5) is 0 Å². The van der Waals surface area contributed by atoms with Crippen LogP contribution in [0.25, 0.3) is 0 Å². The molecule has 0 bridgehead atoms. The van der Waals surface area contributed by atoms with Crippen LogP contribution < -0.4 is 11.1 Å². The first-order valence-electron chi connectivity index (χ1n) is 6.37. The molecule has 0 radical (unpaired) electrons. The zero-order chi connectivity index (χ0) is 13.5. The van der Waals surface area contributed by atoms with Gasteiger partial charge in [0.25, 0.3) is 0 Å². The van der Waals surface area contributed by atoms with E-state index in [-0.39, 0.29) is 23.6 Å². The van der Waals surface area contributed by atoms with Gasteiger partial charge in [0.1, 0.15) is 5.75 Å². The lowest BCUT2D eigenvalue weighted by molar-refractivity contribution is -0.125. The van der Waals surface area contributed by atoms with Gasteiger partial charge < -0.3 is 16.2 Å². The average Bonchev–Trinajstić information content (AvgIpc) is 2.35. The van der Waals surface area contributed by atoms with Gasteiger partial charge in [0, 0.05) is 6.54 Å². The van der Waals surface area contributed by atoms with E-state index in [9.17, 15) is 9.90 Å². The second-order valence-corrected chi connectivity index (χ2v) is 4.55. The third-order valence-corrected chi connectivity index (χ3v) is 3.02. The van der Waals surface area contributed by atoms with Crippen LogP contribution in [0, 0.1) is 5.92 Å². The second-order valence-electron chi connectivity index (χ2n) is 4.55. The van der Waals surface area contributed by atoms with Gasteiger partial charge in [-0.3, -0.25) is 4.79 Å². The molecule has 0 heterocycles. The molecule has 1 aromatic rings. The Bertz CT molecular complexity index is 393. The molecule has 2 unspecified atom stereocenters. The molecule has 4 nitrogen and oxygen atoms in total. The third-order valence-electron chi connectivity index (χ3n) is 3.02. The molecule has 1 rings (SSSR count). The smallest absolute Gasteiger partial charge is 0.224 e. The normalized spacial score (nSPS) is 13.9. The van der Waals surface area contributed by atoms with Crippen LogP contribution in [0.3, 0.4) is 0 Å². The SMILES string of the molecule is CCCC(CN)C(=O)NC(C)c1cccc(O)c1. The molecule has 0 spiro atoms. The predicted molar refractivity (Wildman–Crippen MR) is 72.1 cm³/mol. The van der Waals surface area contributed by atoms with E-state index in [1.165, 1.54) is 0 Å². The quantitative estimate of drug-likeness (QED) is 0.722. The highest BCUT2D eigenvalue weighted by atomic mass is 16.3. The van der Waals surface area contributed by atoms with Crippen LogP contribution in [0.15, 0.2) is 24.3 Å². The van der Waals surface area contributed by atoms with E-state index in [1.54, 1.807) is 18.2 Å². The summed E-state index contributed by atoms with van der Waals surface area (Å²) in [7, 11) is 0. The summed E-state index contributed by atoms with van der Waals surface area (Å²) in [4.78, 5) is 12.0.